The van der Waals surface area contributed by atoms with Crippen LogP contribution in [0.3, 0.4) is 0 Å². The third-order valence-electron chi connectivity index (χ3n) is 1.77. The van der Waals surface area contributed by atoms with Crippen LogP contribution in [0.5, 0.6) is 0 Å². The molecule has 0 aromatic heterocycles. The summed E-state index contributed by atoms with van der Waals surface area (Å²) in [5.74, 6) is -0.997. The normalized spacial score (nSPS) is 11.3. The van der Waals surface area contributed by atoms with Gasteiger partial charge in [0.05, 0.1) is 11.1 Å². The van der Waals surface area contributed by atoms with Gasteiger partial charge in [-0.15, -0.1) is 0 Å². The predicted octanol–water partition coefficient (Wildman–Crippen LogP) is 3.52. The Morgan fingerprint density at radius 3 is 2.47 bits per heavy atom. The van der Waals surface area contributed by atoms with Crippen LogP contribution < -0.4 is 0 Å². The molecular weight excluding hydrogens is 324 g/mol. The summed E-state index contributed by atoms with van der Waals surface area (Å²) >= 11 is 1.25. The number of aryl methyl sites for hydroxylation is 1. The number of rotatable bonds is 1. The summed E-state index contributed by atoms with van der Waals surface area (Å²) in [6, 6.07) is 3.46. The highest BCUT2D eigenvalue weighted by molar-refractivity contribution is 14.1. The van der Waals surface area contributed by atoms with Gasteiger partial charge in [-0.25, -0.2) is 4.79 Å². The molecule has 0 saturated carbocycles. The van der Waals surface area contributed by atoms with Crippen molar-refractivity contribution >= 4 is 29.0 Å². The summed E-state index contributed by atoms with van der Waals surface area (Å²) in [5.41, 5.74) is -1.00. The average molecular weight is 330 g/mol. The van der Waals surface area contributed by atoms with Gasteiger partial charge in [0, 0.05) is 0 Å². The Labute approximate surface area is 98.1 Å². The Morgan fingerprint density at radius 2 is 2.00 bits per heavy atom. The van der Waals surface area contributed by atoms with Crippen molar-refractivity contribution in [1.29, 1.82) is 0 Å². The average Bonchev–Trinajstić information content (AvgIpc) is 2.15. The third-order valence-corrected chi connectivity index (χ3v) is 2.17. The maximum absolute atomic E-state index is 12.5. The summed E-state index contributed by atoms with van der Waals surface area (Å²) in [5, 5.41) is 0. The lowest BCUT2D eigenvalue weighted by Crippen LogP contribution is -2.13. The Hall–Kier alpha value is -0.790. The zero-order valence-corrected chi connectivity index (χ0v) is 9.72. The second-order valence-electron chi connectivity index (χ2n) is 2.91. The van der Waals surface area contributed by atoms with Gasteiger partial charge < -0.3 is 3.07 Å². The van der Waals surface area contributed by atoms with E-state index >= 15 is 0 Å². The second kappa shape index (κ2) is 4.38. The molecule has 0 amide bonds. The molecular formula is C9H6F3IO2. The SMILES string of the molecule is Cc1ccc(C(=O)OI)c(C(F)(F)F)c1. The van der Waals surface area contributed by atoms with Crippen LogP contribution in [0.1, 0.15) is 21.5 Å². The fourth-order valence-corrected chi connectivity index (χ4v) is 1.35. The van der Waals surface area contributed by atoms with Crippen molar-refractivity contribution in [2.45, 2.75) is 13.1 Å². The molecule has 1 aromatic carbocycles. The molecule has 0 saturated heterocycles. The molecule has 1 aromatic rings. The topological polar surface area (TPSA) is 26.3 Å². The van der Waals surface area contributed by atoms with Crippen molar-refractivity contribution in [1.82, 2.24) is 0 Å². The van der Waals surface area contributed by atoms with Crippen LogP contribution in [0.4, 0.5) is 13.2 Å². The van der Waals surface area contributed by atoms with Crippen molar-refractivity contribution in [2.75, 3.05) is 0 Å². The zero-order chi connectivity index (χ0) is 11.6. The van der Waals surface area contributed by atoms with E-state index in [-0.39, 0.29) is 0 Å². The molecule has 0 aliphatic rings. The van der Waals surface area contributed by atoms with E-state index in [1.165, 1.54) is 36.0 Å². The number of hydrogen-bond acceptors (Lipinski definition) is 2. The van der Waals surface area contributed by atoms with E-state index in [0.29, 0.717) is 5.56 Å². The van der Waals surface area contributed by atoms with E-state index in [4.69, 9.17) is 0 Å². The Bertz CT molecular complexity index is 387. The van der Waals surface area contributed by atoms with Gasteiger partial charge in [0.25, 0.3) is 0 Å². The van der Waals surface area contributed by atoms with E-state index < -0.39 is 23.3 Å². The molecule has 0 aliphatic heterocycles. The quantitative estimate of drug-likeness (QED) is 0.737. The van der Waals surface area contributed by atoms with Crippen molar-refractivity contribution in [3.05, 3.63) is 34.9 Å². The highest BCUT2D eigenvalue weighted by Crippen LogP contribution is 2.33. The molecule has 0 radical (unpaired) electrons. The molecule has 1 rings (SSSR count). The second-order valence-corrected chi connectivity index (χ2v) is 3.35. The standard InChI is InChI=1S/C9H6F3IO2/c1-5-2-3-6(8(14)15-13)7(4-5)9(10,11)12/h2-4H,1H3. The Morgan fingerprint density at radius 1 is 1.40 bits per heavy atom. The van der Waals surface area contributed by atoms with E-state index in [0.717, 1.165) is 12.1 Å². The molecule has 0 atom stereocenters. The fraction of sp³-hybridized carbons (Fsp3) is 0.222. The predicted molar refractivity (Wildman–Crippen MR) is 55.6 cm³/mol. The maximum atomic E-state index is 12.5. The summed E-state index contributed by atoms with van der Waals surface area (Å²) in [6.45, 7) is 1.52. The first-order valence-electron chi connectivity index (χ1n) is 3.87. The highest BCUT2D eigenvalue weighted by atomic mass is 127. The number of carbonyl (C=O) groups is 1. The first kappa shape index (κ1) is 12.3. The lowest BCUT2D eigenvalue weighted by molar-refractivity contribution is -0.138. The zero-order valence-electron chi connectivity index (χ0n) is 7.56. The molecule has 0 spiro atoms. The van der Waals surface area contributed by atoms with Crippen LogP contribution in [0.25, 0.3) is 0 Å². The fourth-order valence-electron chi connectivity index (χ4n) is 1.11. The molecule has 6 heteroatoms. The Balaban J connectivity index is 3.33. The molecule has 0 unspecified atom stereocenters. The van der Waals surface area contributed by atoms with Crippen LogP contribution in [0.2, 0.25) is 0 Å². The lowest BCUT2D eigenvalue weighted by atomic mass is 10.0. The van der Waals surface area contributed by atoms with Crippen LogP contribution in [0.15, 0.2) is 18.2 Å². The van der Waals surface area contributed by atoms with E-state index in [2.05, 4.69) is 3.07 Å². The van der Waals surface area contributed by atoms with Gasteiger partial charge in [-0.1, -0.05) is 11.6 Å². The van der Waals surface area contributed by atoms with E-state index in [1.807, 2.05) is 0 Å². The van der Waals surface area contributed by atoms with Crippen molar-refractivity contribution in [2.24, 2.45) is 0 Å². The van der Waals surface area contributed by atoms with Crippen molar-refractivity contribution in [3.8, 4) is 0 Å². The molecule has 15 heavy (non-hydrogen) atoms. The minimum atomic E-state index is -4.55. The largest absolute Gasteiger partial charge is 0.417 e. The first-order valence-corrected chi connectivity index (χ1v) is 4.75. The first-order chi connectivity index (χ1) is 6.86. The molecule has 0 bridgehead atoms. The number of benzene rings is 1. The third kappa shape index (κ3) is 2.83. The molecule has 0 heterocycles. The van der Waals surface area contributed by atoms with Crippen LogP contribution in [-0.2, 0) is 9.24 Å². The van der Waals surface area contributed by atoms with Crippen LogP contribution in [0, 0.1) is 6.92 Å². The molecule has 82 valence electrons. The van der Waals surface area contributed by atoms with Gasteiger partial charge in [-0.3, -0.25) is 0 Å². The molecule has 2 nitrogen and oxygen atoms in total. The van der Waals surface area contributed by atoms with E-state index in [1.54, 1.807) is 0 Å². The molecule has 0 N–H and O–H groups in total. The molecule has 0 aliphatic carbocycles. The number of alkyl halides is 3. The van der Waals surface area contributed by atoms with Gasteiger partial charge >= 0.3 is 12.1 Å². The van der Waals surface area contributed by atoms with E-state index in [9.17, 15) is 18.0 Å². The summed E-state index contributed by atoms with van der Waals surface area (Å²) in [6.07, 6.45) is -4.55. The van der Waals surface area contributed by atoms with Gasteiger partial charge in [0.2, 0.25) is 0 Å². The smallest absolute Gasteiger partial charge is 0.391 e. The van der Waals surface area contributed by atoms with Crippen molar-refractivity contribution in [3.63, 3.8) is 0 Å². The molecule has 0 fully saturated rings. The number of hydrogen-bond donors (Lipinski definition) is 0. The summed E-state index contributed by atoms with van der Waals surface area (Å²) < 4.78 is 41.8. The van der Waals surface area contributed by atoms with Gasteiger partial charge in [-0.2, -0.15) is 13.2 Å². The summed E-state index contributed by atoms with van der Waals surface area (Å²) in [7, 11) is 0. The minimum absolute atomic E-state index is 0.437. The maximum Gasteiger partial charge on any atom is 0.417 e. The van der Waals surface area contributed by atoms with Crippen LogP contribution in [-0.4, -0.2) is 5.97 Å². The summed E-state index contributed by atoms with van der Waals surface area (Å²) in [4.78, 5) is 11.1. The van der Waals surface area contributed by atoms with Gasteiger partial charge in [-0.05, 0) is 19.1 Å². The minimum Gasteiger partial charge on any atom is -0.391 e. The number of halogens is 4. The van der Waals surface area contributed by atoms with Crippen molar-refractivity contribution < 1.29 is 21.0 Å². The van der Waals surface area contributed by atoms with Crippen LogP contribution >= 0.6 is 23.0 Å². The Kier molecular flexibility index (Phi) is 3.58. The monoisotopic (exact) mass is 330 g/mol. The number of carbonyl (C=O) groups excluding carboxylic acids is 1. The highest BCUT2D eigenvalue weighted by Gasteiger charge is 2.35. The van der Waals surface area contributed by atoms with Gasteiger partial charge in [0.15, 0.2) is 23.0 Å². The van der Waals surface area contributed by atoms with Gasteiger partial charge in [0.1, 0.15) is 0 Å². The lowest BCUT2D eigenvalue weighted by Gasteiger charge is -2.11.